The summed E-state index contributed by atoms with van der Waals surface area (Å²) in [6.07, 6.45) is 0.832. The van der Waals surface area contributed by atoms with E-state index in [-0.39, 0.29) is 5.91 Å². The lowest BCUT2D eigenvalue weighted by Gasteiger charge is -2.08. The molecule has 1 aromatic carbocycles. The summed E-state index contributed by atoms with van der Waals surface area (Å²) in [5.41, 5.74) is 1.10. The number of carbonyl (C=O) groups is 1. The molecule has 112 valence electrons. The van der Waals surface area contributed by atoms with Gasteiger partial charge in [0.05, 0.1) is 13.2 Å². The van der Waals surface area contributed by atoms with Gasteiger partial charge in [-0.1, -0.05) is 12.1 Å². The predicted octanol–water partition coefficient (Wildman–Crippen LogP) is 1.33. The molecule has 0 radical (unpaired) electrons. The van der Waals surface area contributed by atoms with Crippen molar-refractivity contribution in [2.75, 3.05) is 33.4 Å². The summed E-state index contributed by atoms with van der Waals surface area (Å²) in [5, 5.41) is 5.94. The van der Waals surface area contributed by atoms with E-state index >= 15 is 0 Å². The minimum absolute atomic E-state index is 0.00191. The molecule has 0 aliphatic carbocycles. The van der Waals surface area contributed by atoms with Crippen LogP contribution >= 0.6 is 0 Å². The second-order valence-corrected chi connectivity index (χ2v) is 4.38. The van der Waals surface area contributed by atoms with E-state index in [1.54, 1.807) is 7.11 Å². The van der Waals surface area contributed by atoms with Gasteiger partial charge in [0.15, 0.2) is 0 Å². The summed E-state index contributed by atoms with van der Waals surface area (Å²) in [4.78, 5) is 11.5. The Morgan fingerprint density at radius 2 is 2.20 bits per heavy atom. The molecule has 20 heavy (non-hydrogen) atoms. The molecule has 0 saturated carbocycles. The number of amides is 1. The average molecular weight is 280 g/mol. The SMILES string of the molecule is CCOc1cccc(CNCC(=O)NCCCOC)c1. The third-order valence-corrected chi connectivity index (χ3v) is 2.67. The van der Waals surface area contributed by atoms with Gasteiger partial charge in [-0.05, 0) is 31.0 Å². The molecule has 0 fully saturated rings. The third kappa shape index (κ3) is 7.11. The molecule has 1 rings (SSSR count). The van der Waals surface area contributed by atoms with Crippen LogP contribution in [-0.2, 0) is 16.1 Å². The summed E-state index contributed by atoms with van der Waals surface area (Å²) in [7, 11) is 1.65. The molecule has 1 amide bonds. The number of nitrogens with one attached hydrogen (secondary N) is 2. The molecule has 5 heteroatoms. The number of benzene rings is 1. The largest absolute Gasteiger partial charge is 0.494 e. The molecule has 0 aliphatic rings. The fourth-order valence-electron chi connectivity index (χ4n) is 1.74. The summed E-state index contributed by atoms with van der Waals surface area (Å²) in [6, 6.07) is 7.86. The fourth-order valence-corrected chi connectivity index (χ4v) is 1.74. The minimum atomic E-state index is 0.00191. The molecule has 0 heterocycles. The van der Waals surface area contributed by atoms with Crippen LogP contribution in [0.3, 0.4) is 0 Å². The summed E-state index contributed by atoms with van der Waals surface area (Å²) in [5.74, 6) is 0.859. The van der Waals surface area contributed by atoms with Crippen LogP contribution in [0.15, 0.2) is 24.3 Å². The Morgan fingerprint density at radius 1 is 1.35 bits per heavy atom. The van der Waals surface area contributed by atoms with Crippen LogP contribution in [0.5, 0.6) is 5.75 Å². The van der Waals surface area contributed by atoms with Gasteiger partial charge in [-0.2, -0.15) is 0 Å². The van der Waals surface area contributed by atoms with Crippen LogP contribution in [-0.4, -0.2) is 39.3 Å². The maximum atomic E-state index is 11.5. The topological polar surface area (TPSA) is 59.6 Å². The number of rotatable bonds is 10. The van der Waals surface area contributed by atoms with Gasteiger partial charge in [0, 0.05) is 26.8 Å². The maximum absolute atomic E-state index is 11.5. The highest BCUT2D eigenvalue weighted by molar-refractivity contribution is 5.77. The first-order valence-corrected chi connectivity index (χ1v) is 6.94. The van der Waals surface area contributed by atoms with E-state index < -0.39 is 0 Å². The first-order valence-electron chi connectivity index (χ1n) is 6.94. The number of methoxy groups -OCH3 is 1. The van der Waals surface area contributed by atoms with Crippen molar-refractivity contribution in [3.05, 3.63) is 29.8 Å². The summed E-state index contributed by atoms with van der Waals surface area (Å²) >= 11 is 0. The monoisotopic (exact) mass is 280 g/mol. The lowest BCUT2D eigenvalue weighted by molar-refractivity contribution is -0.120. The Kier molecular flexibility index (Phi) is 8.42. The smallest absolute Gasteiger partial charge is 0.233 e. The number of carbonyl (C=O) groups excluding carboxylic acids is 1. The van der Waals surface area contributed by atoms with Gasteiger partial charge >= 0.3 is 0 Å². The van der Waals surface area contributed by atoms with E-state index in [1.807, 2.05) is 31.2 Å². The molecule has 5 nitrogen and oxygen atoms in total. The minimum Gasteiger partial charge on any atom is -0.494 e. The molecule has 1 aromatic rings. The molecule has 0 spiro atoms. The van der Waals surface area contributed by atoms with Crippen molar-refractivity contribution >= 4 is 5.91 Å². The Bertz CT molecular complexity index is 396. The summed E-state index contributed by atoms with van der Waals surface area (Å²) < 4.78 is 10.3. The lowest BCUT2D eigenvalue weighted by atomic mass is 10.2. The van der Waals surface area contributed by atoms with Crippen molar-refractivity contribution in [2.24, 2.45) is 0 Å². The Hall–Kier alpha value is -1.59. The van der Waals surface area contributed by atoms with Crippen LogP contribution in [0.1, 0.15) is 18.9 Å². The quantitative estimate of drug-likeness (QED) is 0.635. The van der Waals surface area contributed by atoms with Crippen LogP contribution in [0.2, 0.25) is 0 Å². The molecule has 0 aliphatic heterocycles. The van der Waals surface area contributed by atoms with Crippen molar-refractivity contribution in [1.29, 1.82) is 0 Å². The van der Waals surface area contributed by atoms with Crippen LogP contribution in [0.4, 0.5) is 0 Å². The van der Waals surface area contributed by atoms with E-state index in [0.717, 1.165) is 17.7 Å². The van der Waals surface area contributed by atoms with Crippen LogP contribution in [0, 0.1) is 0 Å². The molecule has 0 bridgehead atoms. The molecule has 0 atom stereocenters. The Labute approximate surface area is 120 Å². The zero-order valence-electron chi connectivity index (χ0n) is 12.3. The van der Waals surface area contributed by atoms with Crippen molar-refractivity contribution in [2.45, 2.75) is 19.9 Å². The number of hydrogen-bond donors (Lipinski definition) is 2. The van der Waals surface area contributed by atoms with E-state index in [0.29, 0.717) is 32.8 Å². The van der Waals surface area contributed by atoms with E-state index in [9.17, 15) is 4.79 Å². The number of ether oxygens (including phenoxy) is 2. The summed E-state index contributed by atoms with van der Waals surface area (Å²) in [6.45, 7) is 4.88. The normalized spacial score (nSPS) is 10.3. The van der Waals surface area contributed by atoms with Gasteiger partial charge in [-0.3, -0.25) is 4.79 Å². The molecular formula is C15H24N2O3. The first-order chi connectivity index (χ1) is 9.76. The van der Waals surface area contributed by atoms with Gasteiger partial charge in [0.1, 0.15) is 5.75 Å². The van der Waals surface area contributed by atoms with Gasteiger partial charge in [-0.25, -0.2) is 0 Å². The van der Waals surface area contributed by atoms with Gasteiger partial charge < -0.3 is 20.1 Å². The second-order valence-electron chi connectivity index (χ2n) is 4.38. The first kappa shape index (κ1) is 16.5. The van der Waals surface area contributed by atoms with Crippen molar-refractivity contribution in [3.63, 3.8) is 0 Å². The highest BCUT2D eigenvalue weighted by Crippen LogP contribution is 2.12. The van der Waals surface area contributed by atoms with E-state index in [1.165, 1.54) is 0 Å². The Balaban J connectivity index is 2.19. The lowest BCUT2D eigenvalue weighted by Crippen LogP contribution is -2.34. The highest BCUT2D eigenvalue weighted by atomic mass is 16.5. The third-order valence-electron chi connectivity index (χ3n) is 2.67. The molecule has 0 saturated heterocycles. The Morgan fingerprint density at radius 3 is 2.95 bits per heavy atom. The zero-order chi connectivity index (χ0) is 14.6. The van der Waals surface area contributed by atoms with Gasteiger partial charge in [-0.15, -0.1) is 0 Å². The van der Waals surface area contributed by atoms with Crippen LogP contribution < -0.4 is 15.4 Å². The van der Waals surface area contributed by atoms with Crippen molar-refractivity contribution < 1.29 is 14.3 Å². The van der Waals surface area contributed by atoms with Crippen LogP contribution in [0.25, 0.3) is 0 Å². The standard InChI is InChI=1S/C15H24N2O3/c1-3-20-14-7-4-6-13(10-14)11-16-12-15(18)17-8-5-9-19-2/h4,6-7,10,16H,3,5,8-9,11-12H2,1-2H3,(H,17,18). The van der Waals surface area contributed by atoms with E-state index in [2.05, 4.69) is 10.6 Å². The predicted molar refractivity (Wildman–Crippen MR) is 78.8 cm³/mol. The van der Waals surface area contributed by atoms with Crippen molar-refractivity contribution in [1.82, 2.24) is 10.6 Å². The van der Waals surface area contributed by atoms with Gasteiger partial charge in [0.25, 0.3) is 0 Å². The van der Waals surface area contributed by atoms with Gasteiger partial charge in [0.2, 0.25) is 5.91 Å². The average Bonchev–Trinajstić information content (AvgIpc) is 2.44. The highest BCUT2D eigenvalue weighted by Gasteiger charge is 2.01. The molecule has 2 N–H and O–H groups in total. The zero-order valence-corrected chi connectivity index (χ0v) is 12.3. The van der Waals surface area contributed by atoms with E-state index in [4.69, 9.17) is 9.47 Å². The number of hydrogen-bond acceptors (Lipinski definition) is 4. The van der Waals surface area contributed by atoms with Crippen molar-refractivity contribution in [3.8, 4) is 5.75 Å². The molecule has 0 unspecified atom stereocenters. The second kappa shape index (κ2) is 10.2. The maximum Gasteiger partial charge on any atom is 0.233 e. The fraction of sp³-hybridized carbons (Fsp3) is 0.533. The molecular weight excluding hydrogens is 256 g/mol. The molecule has 0 aromatic heterocycles.